The average molecular weight is 349 g/mol. The predicted octanol–water partition coefficient (Wildman–Crippen LogP) is 5.36. The molecule has 122 valence electrons. The summed E-state index contributed by atoms with van der Waals surface area (Å²) in [4.78, 5) is 12.2. The SMILES string of the molecule is O=C1O/C(=C\c2cccc3ccccc23)C(O)=C1c1ccc(Cl)cc1. The molecule has 0 amide bonds. The van der Waals surface area contributed by atoms with Crippen molar-refractivity contribution in [2.75, 3.05) is 0 Å². The smallest absolute Gasteiger partial charge is 0.348 e. The van der Waals surface area contributed by atoms with Crippen LogP contribution in [-0.2, 0) is 9.53 Å². The molecule has 3 aromatic rings. The summed E-state index contributed by atoms with van der Waals surface area (Å²) in [5.41, 5.74) is 1.57. The highest BCUT2D eigenvalue weighted by molar-refractivity contribution is 6.30. The van der Waals surface area contributed by atoms with Crippen molar-refractivity contribution in [2.45, 2.75) is 0 Å². The maximum atomic E-state index is 12.2. The lowest BCUT2D eigenvalue weighted by Crippen LogP contribution is -1.98. The van der Waals surface area contributed by atoms with Gasteiger partial charge >= 0.3 is 5.97 Å². The summed E-state index contributed by atoms with van der Waals surface area (Å²) < 4.78 is 5.29. The molecule has 0 fully saturated rings. The van der Waals surface area contributed by atoms with E-state index in [0.717, 1.165) is 16.3 Å². The number of hydrogen-bond donors (Lipinski definition) is 1. The third kappa shape index (κ3) is 2.79. The Kier molecular flexibility index (Phi) is 3.79. The molecule has 0 radical (unpaired) electrons. The number of esters is 1. The van der Waals surface area contributed by atoms with Gasteiger partial charge in [-0.15, -0.1) is 0 Å². The molecule has 3 aromatic carbocycles. The van der Waals surface area contributed by atoms with Crippen molar-refractivity contribution in [3.05, 3.63) is 94.4 Å². The summed E-state index contributed by atoms with van der Waals surface area (Å²) in [5, 5.41) is 13.2. The number of benzene rings is 3. The van der Waals surface area contributed by atoms with E-state index in [2.05, 4.69) is 0 Å². The summed E-state index contributed by atoms with van der Waals surface area (Å²) in [5.74, 6) is -0.599. The largest absolute Gasteiger partial charge is 0.504 e. The molecule has 4 heteroatoms. The molecule has 1 aliphatic heterocycles. The van der Waals surface area contributed by atoms with E-state index in [1.165, 1.54) is 0 Å². The van der Waals surface area contributed by atoms with Gasteiger partial charge in [0.1, 0.15) is 5.57 Å². The number of rotatable bonds is 2. The van der Waals surface area contributed by atoms with Crippen LogP contribution in [0.2, 0.25) is 5.02 Å². The van der Waals surface area contributed by atoms with Gasteiger partial charge < -0.3 is 9.84 Å². The number of cyclic esters (lactones) is 1. The zero-order valence-corrected chi connectivity index (χ0v) is 13.8. The van der Waals surface area contributed by atoms with Crippen LogP contribution in [0.1, 0.15) is 11.1 Å². The Morgan fingerprint density at radius 1 is 0.920 bits per heavy atom. The predicted molar refractivity (Wildman–Crippen MR) is 99.0 cm³/mol. The molecule has 0 saturated carbocycles. The van der Waals surface area contributed by atoms with Gasteiger partial charge in [0.2, 0.25) is 0 Å². The van der Waals surface area contributed by atoms with Gasteiger partial charge in [0.25, 0.3) is 0 Å². The summed E-state index contributed by atoms with van der Waals surface area (Å²) in [7, 11) is 0. The van der Waals surface area contributed by atoms with Crippen LogP contribution in [0.25, 0.3) is 22.4 Å². The minimum Gasteiger partial charge on any atom is -0.504 e. The first-order valence-corrected chi connectivity index (χ1v) is 8.12. The van der Waals surface area contributed by atoms with Crippen molar-refractivity contribution in [2.24, 2.45) is 0 Å². The minimum atomic E-state index is -0.577. The second-order valence-corrected chi connectivity index (χ2v) is 6.13. The average Bonchev–Trinajstić information content (AvgIpc) is 2.90. The number of aliphatic hydroxyl groups is 1. The lowest BCUT2D eigenvalue weighted by atomic mass is 10.0. The number of carbonyl (C=O) groups is 1. The number of fused-ring (bicyclic) bond motifs is 1. The third-order valence-corrected chi connectivity index (χ3v) is 4.37. The topological polar surface area (TPSA) is 46.5 Å². The molecule has 4 rings (SSSR count). The second kappa shape index (κ2) is 6.11. The fourth-order valence-electron chi connectivity index (χ4n) is 2.91. The van der Waals surface area contributed by atoms with Crippen LogP contribution in [0.15, 0.2) is 78.2 Å². The van der Waals surface area contributed by atoms with E-state index in [4.69, 9.17) is 16.3 Å². The lowest BCUT2D eigenvalue weighted by Gasteiger charge is -2.03. The number of carbonyl (C=O) groups excluding carboxylic acids is 1. The van der Waals surface area contributed by atoms with Crippen LogP contribution in [0.5, 0.6) is 0 Å². The van der Waals surface area contributed by atoms with Crippen molar-refractivity contribution in [1.29, 1.82) is 0 Å². The maximum Gasteiger partial charge on any atom is 0.348 e. The first-order chi connectivity index (χ1) is 12.1. The Bertz CT molecular complexity index is 1040. The Balaban J connectivity index is 1.82. The molecular weight excluding hydrogens is 336 g/mol. The first-order valence-electron chi connectivity index (χ1n) is 7.75. The van der Waals surface area contributed by atoms with Crippen LogP contribution < -0.4 is 0 Å². The van der Waals surface area contributed by atoms with E-state index < -0.39 is 5.97 Å². The summed E-state index contributed by atoms with van der Waals surface area (Å²) in [6.45, 7) is 0. The van der Waals surface area contributed by atoms with Crippen LogP contribution in [0, 0.1) is 0 Å². The highest BCUT2D eigenvalue weighted by Gasteiger charge is 2.31. The monoisotopic (exact) mass is 348 g/mol. The number of halogens is 1. The Morgan fingerprint density at radius 2 is 1.64 bits per heavy atom. The molecule has 0 aliphatic carbocycles. The molecule has 1 N–H and O–H groups in total. The number of ether oxygens (including phenoxy) is 1. The van der Waals surface area contributed by atoms with Crippen LogP contribution in [-0.4, -0.2) is 11.1 Å². The van der Waals surface area contributed by atoms with Gasteiger partial charge in [-0.3, -0.25) is 0 Å². The summed E-state index contributed by atoms with van der Waals surface area (Å²) >= 11 is 5.88. The number of hydrogen-bond acceptors (Lipinski definition) is 3. The minimum absolute atomic E-state index is 0.142. The van der Waals surface area contributed by atoms with E-state index in [-0.39, 0.29) is 17.1 Å². The highest BCUT2D eigenvalue weighted by atomic mass is 35.5. The molecule has 3 nitrogen and oxygen atoms in total. The molecule has 1 aliphatic rings. The lowest BCUT2D eigenvalue weighted by molar-refractivity contribution is -0.131. The van der Waals surface area contributed by atoms with Gasteiger partial charge in [0, 0.05) is 5.02 Å². The molecule has 0 bridgehead atoms. The quantitative estimate of drug-likeness (QED) is 0.634. The maximum absolute atomic E-state index is 12.2. The third-order valence-electron chi connectivity index (χ3n) is 4.12. The van der Waals surface area contributed by atoms with Crippen molar-refractivity contribution in [3.8, 4) is 0 Å². The van der Waals surface area contributed by atoms with E-state index in [1.54, 1.807) is 30.3 Å². The van der Waals surface area contributed by atoms with E-state index in [9.17, 15) is 9.90 Å². The fourth-order valence-corrected chi connectivity index (χ4v) is 3.03. The standard InChI is InChI=1S/C21H13ClO3/c22-16-10-8-14(9-11-16)19-20(23)18(25-21(19)24)12-15-6-3-5-13-4-1-2-7-17(13)15/h1-12,23H/b18-12-. The van der Waals surface area contributed by atoms with Gasteiger partial charge in [0.05, 0.1) is 0 Å². The van der Waals surface area contributed by atoms with Gasteiger partial charge in [-0.2, -0.15) is 0 Å². The fraction of sp³-hybridized carbons (Fsp3) is 0. The van der Waals surface area contributed by atoms with E-state index >= 15 is 0 Å². The van der Waals surface area contributed by atoms with Crippen molar-refractivity contribution < 1.29 is 14.6 Å². The second-order valence-electron chi connectivity index (χ2n) is 5.70. The highest BCUT2D eigenvalue weighted by Crippen LogP contribution is 2.34. The van der Waals surface area contributed by atoms with Crippen molar-refractivity contribution in [1.82, 2.24) is 0 Å². The van der Waals surface area contributed by atoms with Gasteiger partial charge in [0.15, 0.2) is 11.5 Å². The van der Waals surface area contributed by atoms with E-state index in [1.807, 2.05) is 42.5 Å². The van der Waals surface area contributed by atoms with Gasteiger partial charge in [-0.25, -0.2) is 4.79 Å². The molecule has 0 atom stereocenters. The zero-order valence-electron chi connectivity index (χ0n) is 13.1. The normalized spacial score (nSPS) is 15.9. The van der Waals surface area contributed by atoms with Crippen molar-refractivity contribution >= 4 is 40.0 Å². The van der Waals surface area contributed by atoms with Crippen LogP contribution in [0.4, 0.5) is 0 Å². The summed E-state index contributed by atoms with van der Waals surface area (Å²) in [6, 6.07) is 20.4. The number of aliphatic hydroxyl groups excluding tert-OH is 1. The van der Waals surface area contributed by atoms with Crippen LogP contribution >= 0.6 is 11.6 Å². The molecule has 1 heterocycles. The first kappa shape index (κ1) is 15.5. The Hall–Kier alpha value is -3.04. The van der Waals surface area contributed by atoms with Crippen LogP contribution in [0.3, 0.4) is 0 Å². The molecular formula is C21H13ClO3. The summed E-state index contributed by atoms with van der Waals surface area (Å²) in [6.07, 6.45) is 1.68. The molecule has 0 unspecified atom stereocenters. The van der Waals surface area contributed by atoms with E-state index in [0.29, 0.717) is 10.6 Å². The Labute approximate surface area is 149 Å². The molecule has 0 saturated heterocycles. The zero-order chi connectivity index (χ0) is 17.4. The van der Waals surface area contributed by atoms with Gasteiger partial charge in [-0.05, 0) is 40.1 Å². The molecule has 0 spiro atoms. The Morgan fingerprint density at radius 3 is 2.44 bits per heavy atom. The van der Waals surface area contributed by atoms with Crippen molar-refractivity contribution in [3.63, 3.8) is 0 Å². The molecule has 25 heavy (non-hydrogen) atoms. The molecule has 0 aromatic heterocycles. The van der Waals surface area contributed by atoms with Gasteiger partial charge in [-0.1, -0.05) is 66.2 Å².